The fourth-order valence-corrected chi connectivity index (χ4v) is 2.70. The molecule has 4 heteroatoms. The number of likely N-dealkylation sites (N-methyl/N-ethyl adjacent to an activating group) is 1. The fraction of sp³-hybridized carbons (Fsp3) is 0.111. The van der Waals surface area contributed by atoms with Gasteiger partial charge in [-0.1, -0.05) is 60.7 Å². The number of carbonyl (C=O) groups excluding carboxylic acids is 2. The van der Waals surface area contributed by atoms with E-state index in [1.54, 1.807) is 36.4 Å². The fourth-order valence-electron chi connectivity index (χ4n) is 2.70. The molecule has 2 aromatic rings. The number of ketones is 1. The van der Waals surface area contributed by atoms with E-state index in [1.165, 1.54) is 11.9 Å². The van der Waals surface area contributed by atoms with Gasteiger partial charge < -0.3 is 10.0 Å². The summed E-state index contributed by atoms with van der Waals surface area (Å²) in [5, 5.41) is 10.2. The first-order valence-corrected chi connectivity index (χ1v) is 6.96. The number of hydrogen-bond acceptors (Lipinski definition) is 3. The molecule has 4 nitrogen and oxygen atoms in total. The number of rotatable bonds is 3. The van der Waals surface area contributed by atoms with Gasteiger partial charge in [0.2, 0.25) is 0 Å². The second-order valence-corrected chi connectivity index (χ2v) is 5.18. The topological polar surface area (TPSA) is 57.6 Å². The molecule has 1 aliphatic rings. The Balaban J connectivity index is 2.09. The highest BCUT2D eigenvalue weighted by Crippen LogP contribution is 2.33. The van der Waals surface area contributed by atoms with Crippen molar-refractivity contribution in [2.24, 2.45) is 0 Å². The smallest absolute Gasteiger partial charge is 0.289 e. The van der Waals surface area contributed by atoms with Crippen molar-refractivity contribution < 1.29 is 14.7 Å². The van der Waals surface area contributed by atoms with Gasteiger partial charge in [0.05, 0.1) is 0 Å². The molecular weight excluding hydrogens is 278 g/mol. The second-order valence-electron chi connectivity index (χ2n) is 5.18. The van der Waals surface area contributed by atoms with Gasteiger partial charge in [-0.05, 0) is 5.56 Å². The summed E-state index contributed by atoms with van der Waals surface area (Å²) in [6, 6.07) is 17.0. The molecule has 0 unspecified atom stereocenters. The van der Waals surface area contributed by atoms with Crippen LogP contribution in [0.3, 0.4) is 0 Å². The molecule has 0 spiro atoms. The highest BCUT2D eigenvalue weighted by Gasteiger charge is 2.42. The third-order valence-corrected chi connectivity index (χ3v) is 3.83. The molecule has 1 atom stereocenters. The molecule has 110 valence electrons. The van der Waals surface area contributed by atoms with Crippen LogP contribution in [0.15, 0.2) is 66.4 Å². The normalized spacial score (nSPS) is 18.0. The average molecular weight is 293 g/mol. The van der Waals surface area contributed by atoms with Gasteiger partial charge in [0, 0.05) is 18.2 Å². The molecule has 0 aromatic heterocycles. The Bertz CT molecular complexity index is 750. The van der Waals surface area contributed by atoms with Crippen molar-refractivity contribution in [3.8, 4) is 0 Å². The van der Waals surface area contributed by atoms with Crippen molar-refractivity contribution >= 4 is 17.3 Å². The van der Waals surface area contributed by atoms with Crippen molar-refractivity contribution in [1.82, 2.24) is 4.90 Å². The predicted molar refractivity (Wildman–Crippen MR) is 83.3 cm³/mol. The van der Waals surface area contributed by atoms with E-state index >= 15 is 0 Å². The van der Waals surface area contributed by atoms with Gasteiger partial charge in [0.1, 0.15) is 6.04 Å². The maximum absolute atomic E-state index is 12.8. The molecular formula is C18H15NO3. The van der Waals surface area contributed by atoms with Crippen LogP contribution in [0.2, 0.25) is 0 Å². The molecule has 0 saturated carbocycles. The maximum atomic E-state index is 12.8. The summed E-state index contributed by atoms with van der Waals surface area (Å²) < 4.78 is 0. The second kappa shape index (κ2) is 5.48. The zero-order chi connectivity index (χ0) is 15.7. The van der Waals surface area contributed by atoms with E-state index in [0.29, 0.717) is 16.7 Å². The minimum Gasteiger partial charge on any atom is -0.503 e. The lowest BCUT2D eigenvalue weighted by Crippen LogP contribution is -2.37. The van der Waals surface area contributed by atoms with Gasteiger partial charge in [-0.3, -0.25) is 9.59 Å². The number of carbonyl (C=O) groups is 2. The molecule has 0 bridgehead atoms. The summed E-state index contributed by atoms with van der Waals surface area (Å²) >= 11 is 0. The van der Waals surface area contributed by atoms with Crippen LogP contribution in [0.4, 0.5) is 0 Å². The Kier molecular flexibility index (Phi) is 3.51. The molecule has 0 radical (unpaired) electrons. The van der Waals surface area contributed by atoms with E-state index in [9.17, 15) is 14.7 Å². The predicted octanol–water partition coefficient (Wildman–Crippen LogP) is 2.68. The zero-order valence-electron chi connectivity index (χ0n) is 12.1. The number of aliphatic hydroxyl groups excluding tert-OH is 1. The molecule has 1 aliphatic heterocycles. The van der Waals surface area contributed by atoms with E-state index in [2.05, 4.69) is 0 Å². The van der Waals surface area contributed by atoms with Gasteiger partial charge in [-0.2, -0.15) is 0 Å². The number of amides is 1. The Morgan fingerprint density at radius 3 is 2.14 bits per heavy atom. The number of benzene rings is 2. The van der Waals surface area contributed by atoms with Crippen molar-refractivity contribution in [3.63, 3.8) is 0 Å². The van der Waals surface area contributed by atoms with Gasteiger partial charge >= 0.3 is 0 Å². The Labute approximate surface area is 128 Å². The highest BCUT2D eigenvalue weighted by atomic mass is 16.3. The first kappa shape index (κ1) is 14.1. The Hall–Kier alpha value is -2.88. The lowest BCUT2D eigenvalue weighted by Gasteiger charge is -2.21. The van der Waals surface area contributed by atoms with Gasteiger partial charge in [0.15, 0.2) is 11.5 Å². The summed E-state index contributed by atoms with van der Waals surface area (Å²) in [6.07, 6.45) is 0. The molecule has 1 heterocycles. The van der Waals surface area contributed by atoms with E-state index in [-0.39, 0.29) is 11.5 Å². The van der Waals surface area contributed by atoms with Crippen LogP contribution >= 0.6 is 0 Å². The molecule has 2 aromatic carbocycles. The highest BCUT2D eigenvalue weighted by molar-refractivity contribution is 6.17. The first-order valence-electron chi connectivity index (χ1n) is 6.96. The summed E-state index contributed by atoms with van der Waals surface area (Å²) in [4.78, 5) is 26.2. The van der Waals surface area contributed by atoms with Crippen molar-refractivity contribution in [1.29, 1.82) is 0 Å². The van der Waals surface area contributed by atoms with Crippen LogP contribution in [0.1, 0.15) is 15.9 Å². The van der Waals surface area contributed by atoms with Crippen LogP contribution in [0.5, 0.6) is 0 Å². The number of Topliss-reactive ketones (excluding diaryl/α,β-unsaturated/α-hetero) is 1. The monoisotopic (exact) mass is 293 g/mol. The molecule has 0 saturated heterocycles. The summed E-state index contributed by atoms with van der Waals surface area (Å²) in [5.41, 5.74) is 1.55. The zero-order valence-corrected chi connectivity index (χ0v) is 12.1. The van der Waals surface area contributed by atoms with Crippen molar-refractivity contribution in [3.05, 3.63) is 77.5 Å². The van der Waals surface area contributed by atoms with Crippen molar-refractivity contribution in [2.45, 2.75) is 6.04 Å². The molecule has 0 aliphatic carbocycles. The van der Waals surface area contributed by atoms with Crippen LogP contribution < -0.4 is 0 Å². The van der Waals surface area contributed by atoms with Gasteiger partial charge in [-0.25, -0.2) is 0 Å². The minimum atomic E-state index is -0.808. The summed E-state index contributed by atoms with van der Waals surface area (Å²) in [6.45, 7) is 0. The Morgan fingerprint density at radius 1 is 1.00 bits per heavy atom. The molecule has 22 heavy (non-hydrogen) atoms. The third-order valence-electron chi connectivity index (χ3n) is 3.83. The number of hydrogen-bond donors (Lipinski definition) is 1. The lowest BCUT2D eigenvalue weighted by atomic mass is 9.93. The maximum Gasteiger partial charge on any atom is 0.289 e. The van der Waals surface area contributed by atoms with Gasteiger partial charge in [0.25, 0.3) is 5.91 Å². The Morgan fingerprint density at radius 2 is 1.55 bits per heavy atom. The molecule has 1 amide bonds. The summed E-state index contributed by atoms with van der Waals surface area (Å²) in [7, 11) is 1.53. The average Bonchev–Trinajstić information content (AvgIpc) is 2.80. The first-order chi connectivity index (χ1) is 10.6. The van der Waals surface area contributed by atoms with E-state index in [1.807, 2.05) is 24.3 Å². The summed E-state index contributed by atoms with van der Waals surface area (Å²) in [5.74, 6) is -1.10. The molecule has 1 N–H and O–H groups in total. The van der Waals surface area contributed by atoms with E-state index in [0.717, 1.165) is 0 Å². The van der Waals surface area contributed by atoms with Crippen LogP contribution in [0.25, 0.3) is 5.57 Å². The standard InChI is InChI=1S/C18H15NO3/c1-19-15(16(20)13-10-6-3-7-11-13)14(17(21)18(19)22)12-8-4-2-5-9-12/h2-11,15,21H,1H3/t15-/m0/s1. The van der Waals surface area contributed by atoms with Crippen LogP contribution in [-0.2, 0) is 4.79 Å². The third kappa shape index (κ3) is 2.19. The van der Waals surface area contributed by atoms with E-state index < -0.39 is 11.9 Å². The molecule has 3 rings (SSSR count). The number of nitrogens with zero attached hydrogens (tertiary/aromatic N) is 1. The van der Waals surface area contributed by atoms with Gasteiger partial charge in [-0.15, -0.1) is 0 Å². The minimum absolute atomic E-state index is 0.209. The van der Waals surface area contributed by atoms with Crippen LogP contribution in [-0.4, -0.2) is 34.8 Å². The van der Waals surface area contributed by atoms with Crippen LogP contribution in [0, 0.1) is 0 Å². The SMILES string of the molecule is CN1C(=O)C(O)=C(c2ccccc2)[C@H]1C(=O)c1ccccc1. The largest absolute Gasteiger partial charge is 0.503 e. The molecule has 0 fully saturated rings. The lowest BCUT2D eigenvalue weighted by molar-refractivity contribution is -0.127. The van der Waals surface area contributed by atoms with E-state index in [4.69, 9.17) is 0 Å². The van der Waals surface area contributed by atoms with Crippen molar-refractivity contribution in [2.75, 3.05) is 7.05 Å². The number of aliphatic hydroxyl groups is 1. The quantitative estimate of drug-likeness (QED) is 0.885.